The number of nitrogens with one attached hydrogen (secondary N) is 1. The highest BCUT2D eigenvalue weighted by atomic mass is 35.5. The lowest BCUT2D eigenvalue weighted by atomic mass is 10.5. The van der Waals surface area contributed by atoms with Crippen LogP contribution >= 0.6 is 34.3 Å². The molecule has 0 aromatic carbocycles. The Bertz CT molecular complexity index is 472. The predicted octanol–water partition coefficient (Wildman–Crippen LogP) is 2.66. The SMILES string of the molecule is COCCNCc1nnc(-c2ccc(Cl)s2)s1. The van der Waals surface area contributed by atoms with E-state index in [2.05, 4.69) is 15.5 Å². The van der Waals surface area contributed by atoms with Gasteiger partial charge in [0, 0.05) is 20.2 Å². The molecule has 2 aromatic heterocycles. The van der Waals surface area contributed by atoms with Gasteiger partial charge in [0.25, 0.3) is 0 Å². The number of nitrogens with zero attached hydrogens (tertiary/aromatic N) is 2. The number of aromatic nitrogens is 2. The summed E-state index contributed by atoms with van der Waals surface area (Å²) in [5.74, 6) is 0. The van der Waals surface area contributed by atoms with Crippen LogP contribution in [0.4, 0.5) is 0 Å². The summed E-state index contributed by atoms with van der Waals surface area (Å²) in [6.07, 6.45) is 0. The quantitative estimate of drug-likeness (QED) is 0.831. The van der Waals surface area contributed by atoms with E-state index < -0.39 is 0 Å². The highest BCUT2D eigenvalue weighted by molar-refractivity contribution is 7.23. The molecule has 0 saturated carbocycles. The maximum absolute atomic E-state index is 5.88. The van der Waals surface area contributed by atoms with E-state index in [0.717, 1.165) is 32.3 Å². The summed E-state index contributed by atoms with van der Waals surface area (Å²) in [6.45, 7) is 2.24. The van der Waals surface area contributed by atoms with E-state index in [1.165, 1.54) is 11.3 Å². The molecule has 2 rings (SSSR count). The van der Waals surface area contributed by atoms with E-state index in [1.54, 1.807) is 18.4 Å². The molecule has 0 atom stereocenters. The molecule has 0 aliphatic heterocycles. The third-order valence-corrected chi connectivity index (χ3v) is 4.33. The molecular weight excluding hydrogens is 278 g/mol. The van der Waals surface area contributed by atoms with Crippen molar-refractivity contribution in [3.63, 3.8) is 0 Å². The average Bonchev–Trinajstić information content (AvgIpc) is 2.93. The molecule has 92 valence electrons. The van der Waals surface area contributed by atoms with Crippen LogP contribution in [-0.2, 0) is 11.3 Å². The van der Waals surface area contributed by atoms with Gasteiger partial charge in [-0.25, -0.2) is 0 Å². The number of rotatable bonds is 6. The molecule has 0 fully saturated rings. The minimum Gasteiger partial charge on any atom is -0.383 e. The molecule has 0 spiro atoms. The fourth-order valence-electron chi connectivity index (χ4n) is 1.22. The minimum atomic E-state index is 0.701. The Morgan fingerprint density at radius 1 is 1.35 bits per heavy atom. The maximum atomic E-state index is 5.88. The van der Waals surface area contributed by atoms with Crippen molar-refractivity contribution in [2.75, 3.05) is 20.3 Å². The normalized spacial score (nSPS) is 10.9. The molecule has 0 aliphatic carbocycles. The van der Waals surface area contributed by atoms with Gasteiger partial charge in [0.05, 0.1) is 15.8 Å². The smallest absolute Gasteiger partial charge is 0.157 e. The van der Waals surface area contributed by atoms with Crippen LogP contribution < -0.4 is 5.32 Å². The standard InChI is InChI=1S/C10H12ClN3OS2/c1-15-5-4-12-6-9-13-14-10(17-9)7-2-3-8(11)16-7/h2-3,12H,4-6H2,1H3. The van der Waals surface area contributed by atoms with Gasteiger partial charge in [0.1, 0.15) is 5.01 Å². The second kappa shape index (κ2) is 6.42. The number of hydrogen-bond acceptors (Lipinski definition) is 6. The van der Waals surface area contributed by atoms with Gasteiger partial charge in [-0.2, -0.15) is 0 Å². The van der Waals surface area contributed by atoms with Crippen LogP contribution in [0, 0.1) is 0 Å². The van der Waals surface area contributed by atoms with Crippen molar-refractivity contribution in [3.05, 3.63) is 21.5 Å². The molecule has 2 aromatic rings. The zero-order chi connectivity index (χ0) is 12.1. The van der Waals surface area contributed by atoms with Crippen LogP contribution in [0.1, 0.15) is 5.01 Å². The molecule has 1 N–H and O–H groups in total. The summed E-state index contributed by atoms with van der Waals surface area (Å²) < 4.78 is 5.72. The van der Waals surface area contributed by atoms with E-state index in [0.29, 0.717) is 6.61 Å². The van der Waals surface area contributed by atoms with E-state index >= 15 is 0 Å². The van der Waals surface area contributed by atoms with Gasteiger partial charge in [0.15, 0.2) is 5.01 Å². The highest BCUT2D eigenvalue weighted by Gasteiger charge is 2.08. The van der Waals surface area contributed by atoms with Crippen LogP contribution in [0.25, 0.3) is 9.88 Å². The van der Waals surface area contributed by atoms with Crippen LogP contribution in [0.3, 0.4) is 0 Å². The van der Waals surface area contributed by atoms with E-state index in [-0.39, 0.29) is 0 Å². The Balaban J connectivity index is 1.92. The van der Waals surface area contributed by atoms with Gasteiger partial charge < -0.3 is 10.1 Å². The topological polar surface area (TPSA) is 47.0 Å². The third-order valence-electron chi connectivity index (χ3n) is 2.01. The fraction of sp³-hybridized carbons (Fsp3) is 0.400. The Kier molecular flexibility index (Phi) is 4.87. The van der Waals surface area contributed by atoms with Gasteiger partial charge in [-0.1, -0.05) is 22.9 Å². The maximum Gasteiger partial charge on any atom is 0.157 e. The fourth-order valence-corrected chi connectivity index (χ4v) is 3.13. The summed E-state index contributed by atoms with van der Waals surface area (Å²) in [6, 6.07) is 3.84. The van der Waals surface area contributed by atoms with E-state index in [1.807, 2.05) is 12.1 Å². The first kappa shape index (κ1) is 12.9. The predicted molar refractivity (Wildman–Crippen MR) is 71.8 cm³/mol. The summed E-state index contributed by atoms with van der Waals surface area (Å²) in [5.41, 5.74) is 0. The Morgan fingerprint density at radius 2 is 2.24 bits per heavy atom. The van der Waals surface area contributed by atoms with Gasteiger partial charge in [0.2, 0.25) is 0 Å². The van der Waals surface area contributed by atoms with Crippen molar-refractivity contribution in [2.45, 2.75) is 6.54 Å². The lowest BCUT2D eigenvalue weighted by Crippen LogP contribution is -2.18. The first-order valence-corrected chi connectivity index (χ1v) is 7.08. The number of hydrogen-bond donors (Lipinski definition) is 1. The number of ether oxygens (including phenoxy) is 1. The molecular formula is C10H12ClN3OS2. The van der Waals surface area contributed by atoms with Crippen molar-refractivity contribution in [1.82, 2.24) is 15.5 Å². The number of halogens is 1. The Morgan fingerprint density at radius 3 is 2.94 bits per heavy atom. The average molecular weight is 290 g/mol. The van der Waals surface area contributed by atoms with E-state index in [4.69, 9.17) is 16.3 Å². The first-order chi connectivity index (χ1) is 8.29. The van der Waals surface area contributed by atoms with Gasteiger partial charge >= 0.3 is 0 Å². The van der Waals surface area contributed by atoms with Crippen LogP contribution in [0.5, 0.6) is 0 Å². The van der Waals surface area contributed by atoms with Crippen molar-refractivity contribution >= 4 is 34.3 Å². The van der Waals surface area contributed by atoms with Crippen molar-refractivity contribution < 1.29 is 4.74 Å². The molecule has 0 radical (unpaired) electrons. The Labute approximate surface area is 113 Å². The minimum absolute atomic E-state index is 0.701. The molecule has 2 heterocycles. The molecule has 0 unspecified atom stereocenters. The van der Waals surface area contributed by atoms with Gasteiger partial charge in [-0.15, -0.1) is 21.5 Å². The lowest BCUT2D eigenvalue weighted by molar-refractivity contribution is 0.199. The number of methoxy groups -OCH3 is 1. The van der Waals surface area contributed by atoms with E-state index in [9.17, 15) is 0 Å². The molecule has 4 nitrogen and oxygen atoms in total. The Hall–Kier alpha value is -0.530. The molecule has 17 heavy (non-hydrogen) atoms. The van der Waals surface area contributed by atoms with Crippen molar-refractivity contribution in [1.29, 1.82) is 0 Å². The molecule has 0 amide bonds. The first-order valence-electron chi connectivity index (χ1n) is 5.07. The monoisotopic (exact) mass is 289 g/mol. The molecule has 0 bridgehead atoms. The van der Waals surface area contributed by atoms with Crippen LogP contribution in [0.15, 0.2) is 12.1 Å². The molecule has 7 heteroatoms. The van der Waals surface area contributed by atoms with Gasteiger partial charge in [-0.3, -0.25) is 0 Å². The summed E-state index contributed by atoms with van der Waals surface area (Å²) in [7, 11) is 1.69. The third kappa shape index (κ3) is 3.72. The van der Waals surface area contributed by atoms with Crippen molar-refractivity contribution in [2.24, 2.45) is 0 Å². The van der Waals surface area contributed by atoms with Crippen molar-refractivity contribution in [3.8, 4) is 9.88 Å². The van der Waals surface area contributed by atoms with Gasteiger partial charge in [-0.05, 0) is 12.1 Å². The second-order valence-corrected chi connectivity index (χ2v) is 6.05. The lowest BCUT2D eigenvalue weighted by Gasteiger charge is -1.99. The van der Waals surface area contributed by atoms with Crippen LogP contribution in [-0.4, -0.2) is 30.5 Å². The second-order valence-electron chi connectivity index (χ2n) is 3.27. The summed E-state index contributed by atoms with van der Waals surface area (Å²) in [4.78, 5) is 1.07. The highest BCUT2D eigenvalue weighted by Crippen LogP contribution is 2.32. The zero-order valence-electron chi connectivity index (χ0n) is 9.27. The largest absolute Gasteiger partial charge is 0.383 e. The summed E-state index contributed by atoms with van der Waals surface area (Å²) >= 11 is 8.99. The molecule has 0 aliphatic rings. The van der Waals surface area contributed by atoms with Crippen LogP contribution in [0.2, 0.25) is 4.34 Å². The summed E-state index contributed by atoms with van der Waals surface area (Å²) in [5, 5.41) is 13.4. The number of thiophene rings is 1. The molecule has 0 saturated heterocycles. The zero-order valence-corrected chi connectivity index (χ0v) is 11.7.